The van der Waals surface area contributed by atoms with Crippen LogP contribution in [0.2, 0.25) is 0 Å². The van der Waals surface area contributed by atoms with Gasteiger partial charge in [-0.2, -0.15) is 0 Å². The maximum Gasteiger partial charge on any atom is 0.407 e. The summed E-state index contributed by atoms with van der Waals surface area (Å²) in [4.78, 5) is 55.3. The Labute approximate surface area is 294 Å². The van der Waals surface area contributed by atoms with Crippen LogP contribution in [0.25, 0.3) is 11.1 Å². The van der Waals surface area contributed by atoms with E-state index in [0.29, 0.717) is 6.42 Å². The van der Waals surface area contributed by atoms with Crippen molar-refractivity contribution >= 4 is 24.0 Å². The standard InChI is InChI=1S/C38H51N5O7/c1-37(2,3)31(42-35(47)48)34(46)41-29(22-24-11-9-8-10-12-24)30(44)23-28(40-33(45)32(38(4,5)6)43-36(49)50-7)21-25-13-15-26(16-14-25)27-17-19-39-20-18-27/h8-20,28-32,42,44H,21-23H2,1-7H3,(H,40,45)(H,41,46)(H,43,49)(H,47,48)/t28-,29-,30-,31+,32+/m0/s1. The Kier molecular flexibility index (Phi) is 13.9. The number of hydrogen-bond donors (Lipinski definition) is 6. The maximum absolute atomic E-state index is 13.8. The molecule has 3 aromatic rings. The number of hydrogen-bond acceptors (Lipinski definition) is 7. The summed E-state index contributed by atoms with van der Waals surface area (Å²) >= 11 is 0. The molecule has 270 valence electrons. The Morgan fingerprint density at radius 2 is 1.22 bits per heavy atom. The van der Waals surface area contributed by atoms with Crippen LogP contribution in [0, 0.1) is 10.8 Å². The summed E-state index contributed by atoms with van der Waals surface area (Å²) < 4.78 is 4.77. The number of carbonyl (C=O) groups excluding carboxylic acids is 3. The van der Waals surface area contributed by atoms with Gasteiger partial charge in [0.05, 0.1) is 19.3 Å². The van der Waals surface area contributed by atoms with E-state index >= 15 is 0 Å². The van der Waals surface area contributed by atoms with Crippen LogP contribution in [0.1, 0.15) is 59.1 Å². The van der Waals surface area contributed by atoms with Crippen LogP contribution < -0.4 is 21.3 Å². The van der Waals surface area contributed by atoms with E-state index in [1.54, 1.807) is 33.2 Å². The Morgan fingerprint density at radius 1 is 0.700 bits per heavy atom. The second kappa shape index (κ2) is 17.6. The van der Waals surface area contributed by atoms with Gasteiger partial charge in [0.15, 0.2) is 0 Å². The number of ether oxygens (including phenoxy) is 1. The highest BCUT2D eigenvalue weighted by Gasteiger charge is 2.37. The number of aromatic nitrogens is 1. The number of amides is 4. The highest BCUT2D eigenvalue weighted by Crippen LogP contribution is 2.24. The van der Waals surface area contributed by atoms with Crippen LogP contribution >= 0.6 is 0 Å². The maximum atomic E-state index is 13.8. The Bertz CT molecular complexity index is 1550. The van der Waals surface area contributed by atoms with E-state index < -0.39 is 65.1 Å². The summed E-state index contributed by atoms with van der Waals surface area (Å²) in [5.74, 6) is -1.04. The van der Waals surface area contributed by atoms with E-state index in [0.717, 1.165) is 22.3 Å². The van der Waals surface area contributed by atoms with Crippen molar-refractivity contribution in [3.8, 4) is 11.1 Å². The van der Waals surface area contributed by atoms with E-state index in [9.17, 15) is 29.4 Å². The molecule has 1 aromatic heterocycles. The van der Waals surface area contributed by atoms with Crippen LogP contribution in [0.15, 0.2) is 79.1 Å². The number of methoxy groups -OCH3 is 1. The highest BCUT2D eigenvalue weighted by atomic mass is 16.5. The molecule has 0 aliphatic carbocycles. The predicted molar refractivity (Wildman–Crippen MR) is 191 cm³/mol. The third-order valence-electron chi connectivity index (χ3n) is 8.38. The van der Waals surface area contributed by atoms with Gasteiger partial charge in [-0.15, -0.1) is 0 Å². The zero-order chi connectivity index (χ0) is 37.1. The number of benzene rings is 2. The van der Waals surface area contributed by atoms with Gasteiger partial charge in [0.2, 0.25) is 11.8 Å². The van der Waals surface area contributed by atoms with E-state index in [1.165, 1.54) is 7.11 Å². The first-order valence-corrected chi connectivity index (χ1v) is 16.6. The van der Waals surface area contributed by atoms with Crippen molar-refractivity contribution in [1.82, 2.24) is 26.3 Å². The molecule has 50 heavy (non-hydrogen) atoms. The highest BCUT2D eigenvalue weighted by molar-refractivity contribution is 5.87. The lowest BCUT2D eigenvalue weighted by Crippen LogP contribution is -2.58. The molecule has 0 spiro atoms. The lowest BCUT2D eigenvalue weighted by Gasteiger charge is -2.34. The van der Waals surface area contributed by atoms with Crippen LogP contribution in [0.4, 0.5) is 9.59 Å². The van der Waals surface area contributed by atoms with Crippen LogP contribution in [0.3, 0.4) is 0 Å². The van der Waals surface area contributed by atoms with Gasteiger partial charge >= 0.3 is 12.2 Å². The Balaban J connectivity index is 1.95. The van der Waals surface area contributed by atoms with Crippen molar-refractivity contribution in [3.63, 3.8) is 0 Å². The van der Waals surface area contributed by atoms with Crippen LogP contribution in [-0.4, -0.2) is 76.6 Å². The van der Waals surface area contributed by atoms with Crippen molar-refractivity contribution in [2.75, 3.05) is 7.11 Å². The van der Waals surface area contributed by atoms with E-state index in [2.05, 4.69) is 26.3 Å². The molecule has 0 fully saturated rings. The number of aliphatic hydroxyl groups excluding tert-OH is 1. The molecule has 3 rings (SSSR count). The molecule has 1 heterocycles. The molecule has 12 nitrogen and oxygen atoms in total. The van der Waals surface area contributed by atoms with Crippen LogP contribution in [0.5, 0.6) is 0 Å². The summed E-state index contributed by atoms with van der Waals surface area (Å²) in [6, 6.07) is 17.4. The van der Waals surface area contributed by atoms with Gasteiger partial charge in [-0.3, -0.25) is 14.6 Å². The molecule has 2 aromatic carbocycles. The van der Waals surface area contributed by atoms with Gasteiger partial charge in [-0.1, -0.05) is 96.1 Å². The monoisotopic (exact) mass is 689 g/mol. The third kappa shape index (κ3) is 12.2. The Hall–Kier alpha value is -4.97. The number of carboxylic acid groups (broad SMARTS) is 1. The molecular formula is C38H51N5O7. The number of rotatable bonds is 14. The Morgan fingerprint density at radius 3 is 1.76 bits per heavy atom. The molecule has 0 aliphatic heterocycles. The molecule has 0 aliphatic rings. The molecule has 0 saturated heterocycles. The average Bonchev–Trinajstić information content (AvgIpc) is 3.05. The zero-order valence-electron chi connectivity index (χ0n) is 29.9. The summed E-state index contributed by atoms with van der Waals surface area (Å²) in [5, 5.41) is 32.2. The smallest absolute Gasteiger partial charge is 0.407 e. The van der Waals surface area contributed by atoms with Gasteiger partial charge in [0.25, 0.3) is 0 Å². The fraction of sp³-hybridized carbons (Fsp3) is 0.447. The second-order valence-electron chi connectivity index (χ2n) is 14.6. The molecule has 0 saturated carbocycles. The first kappa shape index (κ1) is 39.5. The molecular weight excluding hydrogens is 638 g/mol. The van der Waals surface area contributed by atoms with Crippen molar-refractivity contribution in [1.29, 1.82) is 0 Å². The van der Waals surface area contributed by atoms with Crippen molar-refractivity contribution < 1.29 is 34.1 Å². The number of nitrogens with zero attached hydrogens (tertiary/aromatic N) is 1. The van der Waals surface area contributed by atoms with E-state index in [-0.39, 0.29) is 12.8 Å². The quantitative estimate of drug-likeness (QED) is 0.141. The first-order valence-electron chi connectivity index (χ1n) is 16.6. The third-order valence-corrected chi connectivity index (χ3v) is 8.38. The molecule has 0 radical (unpaired) electrons. The van der Waals surface area contributed by atoms with E-state index in [1.807, 2.05) is 87.5 Å². The number of aliphatic hydroxyl groups is 1. The van der Waals surface area contributed by atoms with Gasteiger partial charge in [-0.25, -0.2) is 9.59 Å². The van der Waals surface area contributed by atoms with Crippen molar-refractivity contribution in [2.24, 2.45) is 10.8 Å². The average molecular weight is 690 g/mol. The van der Waals surface area contributed by atoms with Crippen molar-refractivity contribution in [2.45, 2.75) is 91.1 Å². The second-order valence-corrected chi connectivity index (χ2v) is 14.6. The van der Waals surface area contributed by atoms with E-state index in [4.69, 9.17) is 4.74 Å². The predicted octanol–water partition coefficient (Wildman–Crippen LogP) is 4.71. The van der Waals surface area contributed by atoms with Crippen molar-refractivity contribution in [3.05, 3.63) is 90.3 Å². The van der Waals surface area contributed by atoms with Gasteiger partial charge in [-0.05, 0) is 64.5 Å². The molecule has 0 unspecified atom stereocenters. The van der Waals surface area contributed by atoms with Crippen LogP contribution in [-0.2, 0) is 27.2 Å². The molecule has 0 bridgehead atoms. The lowest BCUT2D eigenvalue weighted by molar-refractivity contribution is -0.128. The molecule has 12 heteroatoms. The normalized spacial score (nSPS) is 14.6. The number of alkyl carbamates (subject to hydrolysis) is 1. The summed E-state index contributed by atoms with van der Waals surface area (Å²) in [6.07, 6.45) is 0.764. The fourth-order valence-corrected chi connectivity index (χ4v) is 5.66. The number of carbonyl (C=O) groups is 4. The number of pyridine rings is 1. The topological polar surface area (TPSA) is 179 Å². The molecule has 5 atom stereocenters. The minimum Gasteiger partial charge on any atom is -0.465 e. The largest absolute Gasteiger partial charge is 0.465 e. The van der Waals surface area contributed by atoms with Gasteiger partial charge < -0.3 is 36.2 Å². The molecule has 4 amide bonds. The lowest BCUT2D eigenvalue weighted by atomic mass is 9.85. The summed E-state index contributed by atoms with van der Waals surface area (Å²) in [7, 11) is 1.22. The minimum absolute atomic E-state index is 0.0251. The minimum atomic E-state index is -1.34. The summed E-state index contributed by atoms with van der Waals surface area (Å²) in [6.45, 7) is 10.7. The number of nitrogens with one attached hydrogen (secondary N) is 4. The van der Waals surface area contributed by atoms with Gasteiger partial charge in [0, 0.05) is 18.4 Å². The summed E-state index contributed by atoms with van der Waals surface area (Å²) in [5.41, 5.74) is 2.27. The fourth-order valence-electron chi connectivity index (χ4n) is 5.66. The zero-order valence-corrected chi connectivity index (χ0v) is 29.9. The SMILES string of the molecule is COC(=O)N[C@H](C(=O)N[C@@H](Cc1ccc(-c2ccncc2)cc1)C[C@H](O)[C@H](Cc1ccccc1)NC(=O)[C@@H](NC(=O)O)C(C)(C)C)C(C)(C)C. The molecule has 6 N–H and O–H groups in total. The van der Waals surface area contributed by atoms with Gasteiger partial charge in [0.1, 0.15) is 12.1 Å². The first-order chi connectivity index (χ1) is 23.5.